The van der Waals surface area contributed by atoms with Gasteiger partial charge in [0.15, 0.2) is 15.6 Å². The molecule has 2 aromatic rings. The number of sulfone groups is 1. The Labute approximate surface area is 185 Å². The fourth-order valence-electron chi connectivity index (χ4n) is 2.94. The number of carbonyl (C=O) groups excluding carboxylic acids is 1. The highest BCUT2D eigenvalue weighted by Gasteiger charge is 2.53. The Balaban J connectivity index is 1.73. The molecule has 0 radical (unpaired) electrons. The maximum absolute atomic E-state index is 12.3. The molecule has 8 nitrogen and oxygen atoms in total. The highest BCUT2D eigenvalue weighted by molar-refractivity contribution is 7.93. The second-order valence-electron chi connectivity index (χ2n) is 7.45. The van der Waals surface area contributed by atoms with Crippen LogP contribution in [0.2, 0.25) is 5.02 Å². The Morgan fingerprint density at radius 1 is 1.32 bits per heavy atom. The molecule has 162 valence electrons. The molecule has 10 heteroatoms. The van der Waals surface area contributed by atoms with Gasteiger partial charge >= 0.3 is 0 Å². The van der Waals surface area contributed by atoms with Crippen LogP contribution in [-0.2, 0) is 9.84 Å². The van der Waals surface area contributed by atoms with Crippen LogP contribution >= 0.6 is 11.6 Å². The summed E-state index contributed by atoms with van der Waals surface area (Å²) in [6, 6.07) is 8.99. The molecule has 1 aromatic carbocycles. The summed E-state index contributed by atoms with van der Waals surface area (Å²) in [5.41, 5.74) is 0.0409. The van der Waals surface area contributed by atoms with Crippen LogP contribution in [-0.4, -0.2) is 36.6 Å². The van der Waals surface area contributed by atoms with Crippen molar-refractivity contribution in [1.29, 1.82) is 5.26 Å². The first kappa shape index (κ1) is 22.7. The van der Waals surface area contributed by atoms with Crippen molar-refractivity contribution in [2.45, 2.75) is 31.9 Å². The number of ether oxygens (including phenoxy) is 1. The number of nitrogens with zero attached hydrogens (tertiary/aromatic N) is 3. The average molecular weight is 461 g/mol. The Hall–Kier alpha value is -2.96. The van der Waals surface area contributed by atoms with Gasteiger partial charge in [-0.3, -0.25) is 4.79 Å². The van der Waals surface area contributed by atoms with Gasteiger partial charge in [-0.2, -0.15) is 5.26 Å². The lowest BCUT2D eigenvalue weighted by atomic mass is 9.94. The molecule has 0 unspecified atom stereocenters. The first-order chi connectivity index (χ1) is 14.6. The van der Waals surface area contributed by atoms with Crippen LogP contribution in [0.15, 0.2) is 48.1 Å². The number of rotatable bonds is 8. The highest BCUT2D eigenvalue weighted by atomic mass is 35.5. The lowest BCUT2D eigenvalue weighted by Crippen LogP contribution is -2.32. The minimum atomic E-state index is -3.28. The lowest BCUT2D eigenvalue weighted by molar-refractivity contribution is 0.0935. The molecule has 1 N–H and O–H groups in total. The summed E-state index contributed by atoms with van der Waals surface area (Å²) in [6.07, 6.45) is 5.94. The van der Waals surface area contributed by atoms with Gasteiger partial charge in [0.05, 0.1) is 23.9 Å². The molecule has 0 aliphatic heterocycles. The molecular formula is C21H21ClN4O4S. The number of benzene rings is 1. The van der Waals surface area contributed by atoms with Gasteiger partial charge in [0, 0.05) is 28.3 Å². The summed E-state index contributed by atoms with van der Waals surface area (Å²) in [4.78, 5) is 20.3. The first-order valence-corrected chi connectivity index (χ1v) is 11.8. The van der Waals surface area contributed by atoms with E-state index in [0.717, 1.165) is 11.7 Å². The summed E-state index contributed by atoms with van der Waals surface area (Å²) in [7, 11) is -3.28. The third-order valence-electron chi connectivity index (χ3n) is 4.76. The average Bonchev–Trinajstić information content (AvgIpc) is 3.52. The van der Waals surface area contributed by atoms with E-state index in [9.17, 15) is 18.5 Å². The predicted octanol–water partition coefficient (Wildman–Crippen LogP) is 3.23. The van der Waals surface area contributed by atoms with Gasteiger partial charge in [-0.15, -0.1) is 0 Å². The molecular weight excluding hydrogens is 440 g/mol. The molecule has 31 heavy (non-hydrogen) atoms. The van der Waals surface area contributed by atoms with Crippen molar-refractivity contribution in [2.75, 3.05) is 6.26 Å². The quantitative estimate of drug-likeness (QED) is 0.641. The van der Waals surface area contributed by atoms with Gasteiger partial charge in [-0.25, -0.2) is 18.4 Å². The summed E-state index contributed by atoms with van der Waals surface area (Å²) in [5, 5.41) is 13.8. The number of nitrogens with one attached hydrogen (secondary N) is 1. The second-order valence-corrected chi connectivity index (χ2v) is 9.79. The van der Waals surface area contributed by atoms with E-state index >= 15 is 0 Å². The minimum absolute atomic E-state index is 0.0948. The standard InChI is InChI=1S/C21H21ClN4O4S/c1-14(7-10-31(2,28)29)26-20(27)19-24-11-15(12-25-19)30-18(21(13-23)8-9-21)16-5-3-4-6-17(16)22/h3-7,10-12,14,18H,8-9H2,1-2H3,(H,26,27)/b10-7+/t14-,18-/m1/s1. The van der Waals surface area contributed by atoms with Crippen LogP contribution in [0.3, 0.4) is 0 Å². The Morgan fingerprint density at radius 3 is 2.52 bits per heavy atom. The highest BCUT2D eigenvalue weighted by Crippen LogP contribution is 2.56. The fourth-order valence-corrected chi connectivity index (χ4v) is 3.70. The fraction of sp³-hybridized carbons (Fsp3) is 0.333. The SMILES string of the molecule is C[C@H](/C=C/S(C)(=O)=O)NC(=O)c1ncc(O[C@H](c2ccccc2Cl)C2(C#N)CC2)cn1. The third-order valence-corrected chi connectivity index (χ3v) is 5.76. The number of hydrogen-bond acceptors (Lipinski definition) is 7. The smallest absolute Gasteiger partial charge is 0.289 e. The zero-order valence-corrected chi connectivity index (χ0v) is 18.5. The molecule has 1 amide bonds. The van der Waals surface area contributed by atoms with Crippen molar-refractivity contribution in [3.8, 4) is 11.8 Å². The number of hydrogen-bond donors (Lipinski definition) is 1. The molecule has 0 bridgehead atoms. The predicted molar refractivity (Wildman–Crippen MR) is 115 cm³/mol. The Kier molecular flexibility index (Phi) is 6.62. The Bertz CT molecular complexity index is 1140. The van der Waals surface area contributed by atoms with E-state index < -0.39 is 33.3 Å². The Morgan fingerprint density at radius 2 is 1.97 bits per heavy atom. The summed E-state index contributed by atoms with van der Waals surface area (Å²) in [5.74, 6) is -0.355. The van der Waals surface area contributed by atoms with Crippen LogP contribution in [0.5, 0.6) is 5.75 Å². The second kappa shape index (κ2) is 9.04. The molecule has 2 atom stereocenters. The van der Waals surface area contributed by atoms with Gasteiger partial charge in [0.25, 0.3) is 5.91 Å². The zero-order valence-electron chi connectivity index (χ0n) is 16.9. The summed E-state index contributed by atoms with van der Waals surface area (Å²) < 4.78 is 28.4. The molecule has 1 heterocycles. The van der Waals surface area contributed by atoms with Crippen molar-refractivity contribution in [2.24, 2.45) is 5.41 Å². The number of nitriles is 1. The van der Waals surface area contributed by atoms with Crippen LogP contribution in [0.1, 0.15) is 42.1 Å². The van der Waals surface area contributed by atoms with Crippen molar-refractivity contribution in [1.82, 2.24) is 15.3 Å². The van der Waals surface area contributed by atoms with E-state index in [4.69, 9.17) is 16.3 Å². The molecule has 1 fully saturated rings. The van der Waals surface area contributed by atoms with Crippen LogP contribution in [0.4, 0.5) is 0 Å². The van der Waals surface area contributed by atoms with Crippen molar-refractivity contribution in [3.63, 3.8) is 0 Å². The largest absolute Gasteiger partial charge is 0.481 e. The van der Waals surface area contributed by atoms with E-state index in [-0.39, 0.29) is 5.82 Å². The van der Waals surface area contributed by atoms with Crippen molar-refractivity contribution < 1.29 is 17.9 Å². The van der Waals surface area contributed by atoms with Gasteiger partial charge < -0.3 is 10.1 Å². The number of halogens is 1. The normalized spacial score (nSPS) is 16.8. The van der Waals surface area contributed by atoms with Gasteiger partial charge in [-0.1, -0.05) is 35.9 Å². The van der Waals surface area contributed by atoms with Crippen LogP contribution in [0, 0.1) is 16.7 Å². The van der Waals surface area contributed by atoms with Crippen molar-refractivity contribution >= 4 is 27.3 Å². The van der Waals surface area contributed by atoms with E-state index in [0.29, 0.717) is 29.2 Å². The maximum Gasteiger partial charge on any atom is 0.289 e. The van der Waals surface area contributed by atoms with Crippen LogP contribution in [0.25, 0.3) is 0 Å². The van der Waals surface area contributed by atoms with E-state index in [1.807, 2.05) is 12.1 Å². The number of aromatic nitrogens is 2. The topological polar surface area (TPSA) is 122 Å². The maximum atomic E-state index is 12.3. The van der Waals surface area contributed by atoms with E-state index in [1.165, 1.54) is 18.5 Å². The third kappa shape index (κ3) is 5.81. The van der Waals surface area contributed by atoms with Crippen LogP contribution < -0.4 is 10.1 Å². The lowest BCUT2D eigenvalue weighted by Gasteiger charge is -2.24. The summed E-state index contributed by atoms with van der Waals surface area (Å²) in [6.45, 7) is 1.63. The summed E-state index contributed by atoms with van der Waals surface area (Å²) >= 11 is 6.33. The zero-order chi connectivity index (χ0) is 22.6. The molecule has 1 saturated carbocycles. The van der Waals surface area contributed by atoms with Crippen molar-refractivity contribution in [3.05, 3.63) is 64.6 Å². The van der Waals surface area contributed by atoms with E-state index in [1.54, 1.807) is 19.1 Å². The molecule has 3 rings (SSSR count). The van der Waals surface area contributed by atoms with Gasteiger partial charge in [-0.05, 0) is 25.8 Å². The molecule has 1 aromatic heterocycles. The van der Waals surface area contributed by atoms with E-state index in [2.05, 4.69) is 21.4 Å². The van der Waals surface area contributed by atoms with Gasteiger partial charge in [0.1, 0.15) is 6.10 Å². The molecule has 1 aliphatic rings. The minimum Gasteiger partial charge on any atom is -0.481 e. The molecule has 0 saturated heterocycles. The molecule has 1 aliphatic carbocycles. The molecule has 0 spiro atoms. The monoisotopic (exact) mass is 460 g/mol. The van der Waals surface area contributed by atoms with Gasteiger partial charge in [0.2, 0.25) is 5.82 Å². The first-order valence-electron chi connectivity index (χ1n) is 9.47. The number of carbonyl (C=O) groups is 1. The number of amides is 1.